The third-order valence-electron chi connectivity index (χ3n) is 5.45. The van der Waals surface area contributed by atoms with Crippen molar-refractivity contribution in [1.82, 2.24) is 10.2 Å². The topological polar surface area (TPSA) is 86.8 Å². The summed E-state index contributed by atoms with van der Waals surface area (Å²) < 4.78 is 26.2. The number of carbonyl (C=O) groups excluding carboxylic acids is 2. The lowest BCUT2D eigenvalue weighted by Crippen LogP contribution is -2.51. The van der Waals surface area contributed by atoms with Gasteiger partial charge >= 0.3 is 0 Å². The van der Waals surface area contributed by atoms with Crippen LogP contribution in [0.15, 0.2) is 42.5 Å². The quantitative estimate of drug-likeness (QED) is 0.528. The van der Waals surface area contributed by atoms with Crippen molar-refractivity contribution in [2.45, 2.75) is 47.2 Å². The number of benzene rings is 2. The molecule has 0 aliphatic rings. The molecule has 1 N–H and O–H groups in total. The predicted octanol–water partition coefficient (Wildman–Crippen LogP) is 3.91. The Labute approximate surface area is 208 Å². The molecule has 0 saturated heterocycles. The van der Waals surface area contributed by atoms with Crippen LogP contribution in [0.3, 0.4) is 0 Å². The number of anilines is 1. The van der Waals surface area contributed by atoms with Gasteiger partial charge in [-0.25, -0.2) is 8.42 Å². The van der Waals surface area contributed by atoms with Gasteiger partial charge < -0.3 is 10.2 Å². The highest BCUT2D eigenvalue weighted by molar-refractivity contribution is 7.92. The number of aryl methyl sites for hydroxylation is 2. The van der Waals surface area contributed by atoms with Gasteiger partial charge in [0, 0.05) is 18.1 Å². The highest BCUT2D eigenvalue weighted by Crippen LogP contribution is 2.25. The third kappa shape index (κ3) is 7.74. The largest absolute Gasteiger partial charge is 0.354 e. The number of amides is 2. The lowest BCUT2D eigenvalue weighted by molar-refractivity contribution is -0.139. The van der Waals surface area contributed by atoms with Gasteiger partial charge in [0.05, 0.1) is 11.9 Å². The van der Waals surface area contributed by atoms with Crippen LogP contribution in [0.5, 0.6) is 0 Å². The second-order valence-corrected chi connectivity index (χ2v) is 11.3. The lowest BCUT2D eigenvalue weighted by Gasteiger charge is -2.31. The smallest absolute Gasteiger partial charge is 0.244 e. The Morgan fingerprint density at radius 3 is 2.18 bits per heavy atom. The minimum absolute atomic E-state index is 0.168. The SMILES string of the molecule is Cc1ccc(CN(C(=O)CN(c2ccc(C)c(Cl)c2)S(C)(=O)=O)C(C)C(=O)NCC(C)C)cc1. The van der Waals surface area contributed by atoms with Gasteiger partial charge in [-0.15, -0.1) is 0 Å². The number of halogens is 1. The summed E-state index contributed by atoms with van der Waals surface area (Å²) >= 11 is 6.21. The average molecular weight is 508 g/mol. The molecule has 0 fully saturated rings. The van der Waals surface area contributed by atoms with Gasteiger partial charge in [-0.3, -0.25) is 13.9 Å². The molecule has 9 heteroatoms. The maximum Gasteiger partial charge on any atom is 0.244 e. The van der Waals surface area contributed by atoms with Crippen molar-refractivity contribution in [3.05, 3.63) is 64.2 Å². The van der Waals surface area contributed by atoms with Crippen molar-refractivity contribution in [2.24, 2.45) is 5.92 Å². The highest BCUT2D eigenvalue weighted by atomic mass is 35.5. The first-order valence-corrected chi connectivity index (χ1v) is 13.4. The van der Waals surface area contributed by atoms with Gasteiger partial charge in [0.2, 0.25) is 21.8 Å². The Kier molecular flexibility index (Phi) is 9.53. The molecule has 0 spiro atoms. The number of hydrogen-bond donors (Lipinski definition) is 1. The molecule has 2 rings (SSSR count). The van der Waals surface area contributed by atoms with Crippen LogP contribution in [0, 0.1) is 19.8 Å². The van der Waals surface area contributed by atoms with Crippen LogP contribution in [-0.2, 0) is 26.2 Å². The molecule has 2 aromatic rings. The van der Waals surface area contributed by atoms with E-state index in [1.165, 1.54) is 11.0 Å². The monoisotopic (exact) mass is 507 g/mol. The van der Waals surface area contributed by atoms with Crippen LogP contribution in [0.25, 0.3) is 0 Å². The van der Waals surface area contributed by atoms with Crippen molar-refractivity contribution in [3.8, 4) is 0 Å². The van der Waals surface area contributed by atoms with E-state index in [4.69, 9.17) is 11.6 Å². The van der Waals surface area contributed by atoms with E-state index in [0.717, 1.165) is 27.3 Å². The fourth-order valence-electron chi connectivity index (χ4n) is 3.28. The third-order valence-corrected chi connectivity index (χ3v) is 7.00. The van der Waals surface area contributed by atoms with Gasteiger partial charge in [-0.2, -0.15) is 0 Å². The summed E-state index contributed by atoms with van der Waals surface area (Å²) in [6.07, 6.45) is 1.04. The van der Waals surface area contributed by atoms with E-state index in [-0.39, 0.29) is 18.4 Å². The normalized spacial score (nSPS) is 12.4. The van der Waals surface area contributed by atoms with Crippen LogP contribution in [0.4, 0.5) is 5.69 Å². The van der Waals surface area contributed by atoms with E-state index >= 15 is 0 Å². The Balaban J connectivity index is 2.37. The summed E-state index contributed by atoms with van der Waals surface area (Å²) in [6, 6.07) is 11.7. The maximum absolute atomic E-state index is 13.5. The van der Waals surface area contributed by atoms with Crippen molar-refractivity contribution >= 4 is 39.1 Å². The average Bonchev–Trinajstić information content (AvgIpc) is 2.76. The Hall–Kier alpha value is -2.58. The van der Waals surface area contributed by atoms with Crippen LogP contribution in [0.1, 0.15) is 37.5 Å². The van der Waals surface area contributed by atoms with E-state index in [1.807, 2.05) is 52.0 Å². The number of nitrogens with one attached hydrogen (secondary N) is 1. The van der Waals surface area contributed by atoms with Crippen LogP contribution in [-0.4, -0.2) is 50.5 Å². The van der Waals surface area contributed by atoms with Crippen molar-refractivity contribution in [1.29, 1.82) is 0 Å². The summed E-state index contributed by atoms with van der Waals surface area (Å²) in [6.45, 7) is 9.58. The second-order valence-electron chi connectivity index (χ2n) is 9.03. The lowest BCUT2D eigenvalue weighted by atomic mass is 10.1. The molecule has 0 radical (unpaired) electrons. The minimum atomic E-state index is -3.80. The summed E-state index contributed by atoms with van der Waals surface area (Å²) in [5.74, 6) is -0.530. The van der Waals surface area contributed by atoms with Gasteiger partial charge in [0.1, 0.15) is 12.6 Å². The molecule has 0 aliphatic heterocycles. The second kappa shape index (κ2) is 11.7. The molecule has 0 bridgehead atoms. The van der Waals surface area contributed by atoms with Gasteiger partial charge in [0.25, 0.3) is 0 Å². The molecule has 1 unspecified atom stereocenters. The first-order chi connectivity index (χ1) is 15.8. The fourth-order valence-corrected chi connectivity index (χ4v) is 4.29. The molecule has 0 aliphatic carbocycles. The van der Waals surface area contributed by atoms with Crippen LogP contribution in [0.2, 0.25) is 5.02 Å². The van der Waals surface area contributed by atoms with Crippen molar-refractivity contribution in [2.75, 3.05) is 23.7 Å². The zero-order valence-corrected chi connectivity index (χ0v) is 22.2. The zero-order valence-electron chi connectivity index (χ0n) is 20.6. The zero-order chi connectivity index (χ0) is 25.6. The van der Waals surface area contributed by atoms with Crippen LogP contribution < -0.4 is 9.62 Å². The molecule has 1 atom stereocenters. The molecule has 2 aromatic carbocycles. The first kappa shape index (κ1) is 27.7. The van der Waals surface area contributed by atoms with Crippen molar-refractivity contribution in [3.63, 3.8) is 0 Å². The van der Waals surface area contributed by atoms with Gasteiger partial charge in [-0.1, -0.05) is 61.3 Å². The first-order valence-electron chi connectivity index (χ1n) is 11.2. The number of sulfonamides is 1. The molecule has 7 nitrogen and oxygen atoms in total. The van der Waals surface area contributed by atoms with E-state index in [1.54, 1.807) is 19.1 Å². The fraction of sp³-hybridized carbons (Fsp3) is 0.440. The molecule has 34 heavy (non-hydrogen) atoms. The molecule has 0 heterocycles. The van der Waals surface area contributed by atoms with Crippen molar-refractivity contribution < 1.29 is 18.0 Å². The summed E-state index contributed by atoms with van der Waals surface area (Å²) in [4.78, 5) is 27.7. The summed E-state index contributed by atoms with van der Waals surface area (Å²) in [5.41, 5.74) is 3.00. The maximum atomic E-state index is 13.5. The Morgan fingerprint density at radius 2 is 1.65 bits per heavy atom. The molecule has 186 valence electrons. The molecule has 0 aromatic heterocycles. The number of carbonyl (C=O) groups is 2. The highest BCUT2D eigenvalue weighted by Gasteiger charge is 2.30. The predicted molar refractivity (Wildman–Crippen MR) is 137 cm³/mol. The minimum Gasteiger partial charge on any atom is -0.354 e. The van der Waals surface area contributed by atoms with E-state index in [0.29, 0.717) is 17.3 Å². The van der Waals surface area contributed by atoms with E-state index in [9.17, 15) is 18.0 Å². The molecule has 0 saturated carbocycles. The Bertz CT molecular complexity index is 1120. The van der Waals surface area contributed by atoms with E-state index in [2.05, 4.69) is 5.32 Å². The standard InChI is InChI=1S/C25H34ClN3O4S/c1-17(2)14-27-25(31)20(5)28(15-21-10-7-18(3)8-11-21)24(30)16-29(34(6,32)33)22-12-9-19(4)23(26)13-22/h7-13,17,20H,14-16H2,1-6H3,(H,27,31). The summed E-state index contributed by atoms with van der Waals surface area (Å²) in [7, 11) is -3.80. The van der Waals surface area contributed by atoms with Crippen LogP contribution >= 0.6 is 11.6 Å². The summed E-state index contributed by atoms with van der Waals surface area (Å²) in [5, 5.41) is 3.26. The molecular formula is C25H34ClN3O4S. The number of hydrogen-bond acceptors (Lipinski definition) is 4. The number of nitrogens with zero attached hydrogens (tertiary/aromatic N) is 2. The van der Waals surface area contributed by atoms with Gasteiger partial charge in [0.15, 0.2) is 0 Å². The molecule has 2 amide bonds. The van der Waals surface area contributed by atoms with E-state index < -0.39 is 28.5 Å². The van der Waals surface area contributed by atoms with Gasteiger partial charge in [-0.05, 0) is 49.9 Å². The number of rotatable bonds is 10. The Morgan fingerprint density at radius 1 is 1.03 bits per heavy atom. The molecular weight excluding hydrogens is 474 g/mol.